The van der Waals surface area contributed by atoms with Crippen LogP contribution in [0.2, 0.25) is 5.02 Å². The van der Waals surface area contributed by atoms with Crippen LogP contribution in [0.15, 0.2) is 47.6 Å². The zero-order valence-corrected chi connectivity index (χ0v) is 16.5. The van der Waals surface area contributed by atoms with Gasteiger partial charge in [0.15, 0.2) is 5.82 Å². The molecule has 1 unspecified atom stereocenters. The normalized spacial score (nSPS) is 12.2. The number of hydrogen-bond acceptors (Lipinski definition) is 5. The molecular formula is C19H21ClN4OS. The molecule has 1 heterocycles. The summed E-state index contributed by atoms with van der Waals surface area (Å²) in [6.45, 7) is 6.35. The Kier molecular flexibility index (Phi) is 5.74. The molecule has 0 aliphatic rings. The molecule has 5 nitrogen and oxygen atoms in total. The van der Waals surface area contributed by atoms with Gasteiger partial charge in [0.25, 0.3) is 0 Å². The summed E-state index contributed by atoms with van der Waals surface area (Å²) in [6.07, 6.45) is 0. The molecule has 3 rings (SSSR count). The van der Waals surface area contributed by atoms with Crippen molar-refractivity contribution in [3.05, 3.63) is 70.0 Å². The molecule has 0 radical (unpaired) electrons. The van der Waals surface area contributed by atoms with Crippen LogP contribution >= 0.6 is 23.4 Å². The van der Waals surface area contributed by atoms with Gasteiger partial charge in [-0.2, -0.15) is 0 Å². The maximum absolute atomic E-state index is 6.27. The summed E-state index contributed by atoms with van der Waals surface area (Å²) in [7, 11) is 0. The minimum Gasteiger partial charge on any atom is -0.485 e. The van der Waals surface area contributed by atoms with E-state index in [0.29, 0.717) is 11.0 Å². The van der Waals surface area contributed by atoms with Crippen LogP contribution in [0, 0.1) is 13.8 Å². The first-order valence-electron chi connectivity index (χ1n) is 8.27. The van der Waals surface area contributed by atoms with Crippen molar-refractivity contribution in [3.8, 4) is 5.75 Å². The van der Waals surface area contributed by atoms with Crippen molar-refractivity contribution in [2.45, 2.75) is 37.8 Å². The first-order chi connectivity index (χ1) is 12.5. The number of para-hydroxylation sites is 1. The van der Waals surface area contributed by atoms with Crippen LogP contribution in [-0.2, 0) is 6.61 Å². The molecule has 2 N–H and O–H groups in total. The fraction of sp³-hybridized carbons (Fsp3) is 0.263. The van der Waals surface area contributed by atoms with Crippen molar-refractivity contribution in [3.63, 3.8) is 0 Å². The Morgan fingerprint density at radius 1 is 1.12 bits per heavy atom. The molecule has 0 aliphatic heterocycles. The number of aromatic nitrogens is 3. The average Bonchev–Trinajstić information content (AvgIpc) is 2.95. The number of hydrogen-bond donors (Lipinski definition) is 1. The van der Waals surface area contributed by atoms with Crippen LogP contribution in [0.1, 0.15) is 34.7 Å². The van der Waals surface area contributed by atoms with Crippen LogP contribution in [0.5, 0.6) is 5.75 Å². The summed E-state index contributed by atoms with van der Waals surface area (Å²) < 4.78 is 7.40. The van der Waals surface area contributed by atoms with Crippen molar-refractivity contribution in [2.75, 3.05) is 5.84 Å². The Bertz CT molecular complexity index is 892. The van der Waals surface area contributed by atoms with E-state index in [4.69, 9.17) is 22.2 Å². The lowest BCUT2D eigenvalue weighted by Crippen LogP contribution is -2.16. The second-order valence-corrected chi connectivity index (χ2v) is 7.78. The highest BCUT2D eigenvalue weighted by atomic mass is 35.5. The average molecular weight is 389 g/mol. The van der Waals surface area contributed by atoms with Gasteiger partial charge < -0.3 is 10.6 Å². The lowest BCUT2D eigenvalue weighted by molar-refractivity contribution is 0.288. The molecule has 0 aliphatic carbocycles. The van der Waals surface area contributed by atoms with Crippen molar-refractivity contribution in [2.24, 2.45) is 0 Å². The third kappa shape index (κ3) is 3.97. The standard InChI is InChI=1S/C19H21ClN4OS/c1-12-7-6-8-13(2)18(12)25-11-17-22-23-19(24(17)21)26-14(3)15-9-4-5-10-16(15)20/h4-10,14H,11,21H2,1-3H3. The number of rotatable bonds is 6. The minimum atomic E-state index is 0.0996. The van der Waals surface area contributed by atoms with Crippen LogP contribution in [0.4, 0.5) is 0 Å². The summed E-state index contributed by atoms with van der Waals surface area (Å²) in [5.41, 5.74) is 3.19. The van der Waals surface area contributed by atoms with E-state index in [1.807, 2.05) is 56.3 Å². The molecule has 7 heteroatoms. The van der Waals surface area contributed by atoms with Gasteiger partial charge in [-0.05, 0) is 43.5 Å². The Morgan fingerprint density at radius 3 is 2.50 bits per heavy atom. The molecular weight excluding hydrogens is 368 g/mol. The third-order valence-corrected chi connectivity index (χ3v) is 5.56. The fourth-order valence-corrected chi connectivity index (χ4v) is 4.00. The van der Waals surface area contributed by atoms with Gasteiger partial charge in [-0.15, -0.1) is 10.2 Å². The fourth-order valence-electron chi connectivity index (χ4n) is 2.68. The maximum Gasteiger partial charge on any atom is 0.210 e. The molecule has 0 spiro atoms. The summed E-state index contributed by atoms with van der Waals surface area (Å²) >= 11 is 7.78. The Hall–Kier alpha value is -2.18. The van der Waals surface area contributed by atoms with Gasteiger partial charge in [0.2, 0.25) is 5.16 Å². The van der Waals surface area contributed by atoms with Crippen LogP contribution in [0.25, 0.3) is 0 Å². The Morgan fingerprint density at radius 2 is 1.81 bits per heavy atom. The zero-order chi connectivity index (χ0) is 18.7. The lowest BCUT2D eigenvalue weighted by Gasteiger charge is -2.13. The second-order valence-electron chi connectivity index (χ2n) is 6.06. The predicted octanol–water partition coefficient (Wildman–Crippen LogP) is 4.69. The van der Waals surface area contributed by atoms with E-state index in [-0.39, 0.29) is 11.9 Å². The molecule has 1 atom stereocenters. The number of thioether (sulfide) groups is 1. The highest BCUT2D eigenvalue weighted by Crippen LogP contribution is 2.36. The molecule has 0 saturated heterocycles. The number of halogens is 1. The number of benzene rings is 2. The van der Waals surface area contributed by atoms with Crippen LogP contribution < -0.4 is 10.6 Å². The van der Waals surface area contributed by atoms with Crippen molar-refractivity contribution in [1.29, 1.82) is 0 Å². The maximum atomic E-state index is 6.27. The highest BCUT2D eigenvalue weighted by molar-refractivity contribution is 7.99. The van der Waals surface area contributed by atoms with E-state index in [9.17, 15) is 0 Å². The molecule has 26 heavy (non-hydrogen) atoms. The number of aryl methyl sites for hydroxylation is 2. The van der Waals surface area contributed by atoms with Gasteiger partial charge in [-0.3, -0.25) is 0 Å². The highest BCUT2D eigenvalue weighted by Gasteiger charge is 2.17. The minimum absolute atomic E-state index is 0.0996. The molecule has 3 aromatic rings. The lowest BCUT2D eigenvalue weighted by atomic mass is 10.1. The zero-order valence-electron chi connectivity index (χ0n) is 14.9. The monoisotopic (exact) mass is 388 g/mol. The number of nitrogens with two attached hydrogens (primary N) is 1. The van der Waals surface area contributed by atoms with Gasteiger partial charge in [-0.25, -0.2) is 4.68 Å². The van der Waals surface area contributed by atoms with E-state index in [1.54, 1.807) is 0 Å². The summed E-state index contributed by atoms with van der Waals surface area (Å²) in [5.74, 6) is 7.59. The summed E-state index contributed by atoms with van der Waals surface area (Å²) in [5, 5.41) is 9.82. The third-order valence-electron chi connectivity index (χ3n) is 4.11. The molecule has 136 valence electrons. The number of ether oxygens (including phenoxy) is 1. The molecule has 1 aromatic heterocycles. The van der Waals surface area contributed by atoms with Gasteiger partial charge in [0.1, 0.15) is 12.4 Å². The molecule has 2 aromatic carbocycles. The van der Waals surface area contributed by atoms with Crippen LogP contribution in [0.3, 0.4) is 0 Å². The number of nitrogen functional groups attached to an aromatic ring is 1. The van der Waals surface area contributed by atoms with Gasteiger partial charge in [-0.1, -0.05) is 59.8 Å². The van der Waals surface area contributed by atoms with Crippen LogP contribution in [-0.4, -0.2) is 14.9 Å². The Labute approximate surface area is 162 Å². The van der Waals surface area contributed by atoms with Gasteiger partial charge >= 0.3 is 0 Å². The second kappa shape index (κ2) is 8.01. The largest absolute Gasteiger partial charge is 0.485 e. The molecule has 0 amide bonds. The SMILES string of the molecule is Cc1cccc(C)c1OCc1nnc(SC(C)c2ccccc2Cl)n1N. The van der Waals surface area contributed by atoms with E-state index >= 15 is 0 Å². The first kappa shape index (κ1) is 18.6. The van der Waals surface area contributed by atoms with Gasteiger partial charge in [0, 0.05) is 10.3 Å². The van der Waals surface area contributed by atoms with E-state index in [2.05, 4.69) is 17.1 Å². The van der Waals surface area contributed by atoms with E-state index in [0.717, 1.165) is 27.5 Å². The van der Waals surface area contributed by atoms with Crippen molar-refractivity contribution in [1.82, 2.24) is 14.9 Å². The number of nitrogens with zero attached hydrogens (tertiary/aromatic N) is 3. The van der Waals surface area contributed by atoms with E-state index in [1.165, 1.54) is 16.4 Å². The van der Waals surface area contributed by atoms with Crippen molar-refractivity contribution >= 4 is 23.4 Å². The quantitative estimate of drug-likeness (QED) is 0.490. The van der Waals surface area contributed by atoms with Crippen molar-refractivity contribution < 1.29 is 4.74 Å². The first-order valence-corrected chi connectivity index (χ1v) is 9.52. The summed E-state index contributed by atoms with van der Waals surface area (Å²) in [6, 6.07) is 13.8. The molecule has 0 saturated carbocycles. The Balaban J connectivity index is 1.71. The predicted molar refractivity (Wildman–Crippen MR) is 106 cm³/mol. The smallest absolute Gasteiger partial charge is 0.210 e. The molecule has 0 fully saturated rings. The van der Waals surface area contributed by atoms with Gasteiger partial charge in [0.05, 0.1) is 0 Å². The van der Waals surface area contributed by atoms with E-state index < -0.39 is 0 Å². The topological polar surface area (TPSA) is 66.0 Å². The molecule has 0 bridgehead atoms. The summed E-state index contributed by atoms with van der Waals surface area (Å²) in [4.78, 5) is 0.